The van der Waals surface area contributed by atoms with Gasteiger partial charge in [-0.25, -0.2) is 0 Å². The zero-order valence-electron chi connectivity index (χ0n) is 8.99. The molecule has 0 unspecified atom stereocenters. The van der Waals surface area contributed by atoms with E-state index in [1.807, 2.05) is 36.4 Å². The highest BCUT2D eigenvalue weighted by molar-refractivity contribution is 5.58. The minimum Gasteiger partial charge on any atom is -0.497 e. The van der Waals surface area contributed by atoms with E-state index in [4.69, 9.17) is 9.15 Å². The number of ether oxygens (including phenoxy) is 1. The van der Waals surface area contributed by atoms with Crippen molar-refractivity contribution >= 4 is 0 Å². The topological polar surface area (TPSA) is 22.4 Å². The van der Waals surface area contributed by atoms with E-state index in [1.54, 1.807) is 7.11 Å². The van der Waals surface area contributed by atoms with E-state index in [0.717, 1.165) is 29.3 Å². The Bertz CT molecular complexity index is 426. The predicted molar refractivity (Wildman–Crippen MR) is 60.1 cm³/mol. The number of rotatable bonds is 3. The molecule has 2 aromatic rings. The van der Waals surface area contributed by atoms with Crippen LogP contribution >= 0.6 is 0 Å². The van der Waals surface area contributed by atoms with Gasteiger partial charge in [0.1, 0.15) is 17.3 Å². The van der Waals surface area contributed by atoms with Gasteiger partial charge in [-0.3, -0.25) is 0 Å². The highest BCUT2D eigenvalue weighted by Gasteiger charge is 2.03. The van der Waals surface area contributed by atoms with Gasteiger partial charge in [0.2, 0.25) is 0 Å². The maximum absolute atomic E-state index is 5.65. The van der Waals surface area contributed by atoms with Gasteiger partial charge in [0, 0.05) is 12.0 Å². The Morgan fingerprint density at radius 2 is 1.80 bits per heavy atom. The molecule has 2 rings (SSSR count). The van der Waals surface area contributed by atoms with Gasteiger partial charge in [0.25, 0.3) is 0 Å². The summed E-state index contributed by atoms with van der Waals surface area (Å²) in [4.78, 5) is 0. The molecule has 0 aliphatic carbocycles. The molecule has 15 heavy (non-hydrogen) atoms. The fourth-order valence-corrected chi connectivity index (χ4v) is 1.48. The normalized spacial score (nSPS) is 10.3. The van der Waals surface area contributed by atoms with Crippen LogP contribution in [0.4, 0.5) is 0 Å². The van der Waals surface area contributed by atoms with Crippen molar-refractivity contribution in [3.63, 3.8) is 0 Å². The maximum Gasteiger partial charge on any atom is 0.134 e. The largest absolute Gasteiger partial charge is 0.497 e. The van der Waals surface area contributed by atoms with Crippen LogP contribution in [0.2, 0.25) is 0 Å². The highest BCUT2D eigenvalue weighted by atomic mass is 16.5. The molecule has 0 bridgehead atoms. The summed E-state index contributed by atoms with van der Waals surface area (Å²) in [7, 11) is 1.66. The van der Waals surface area contributed by atoms with Crippen molar-refractivity contribution in [2.45, 2.75) is 13.3 Å². The first-order valence-electron chi connectivity index (χ1n) is 5.06. The second-order valence-electron chi connectivity index (χ2n) is 3.35. The molecule has 2 nitrogen and oxygen atoms in total. The molecular weight excluding hydrogens is 188 g/mol. The first-order chi connectivity index (χ1) is 7.33. The van der Waals surface area contributed by atoms with E-state index in [0.29, 0.717) is 0 Å². The first kappa shape index (κ1) is 9.84. The van der Waals surface area contributed by atoms with Crippen molar-refractivity contribution < 1.29 is 9.15 Å². The quantitative estimate of drug-likeness (QED) is 0.759. The molecule has 0 fully saturated rings. The smallest absolute Gasteiger partial charge is 0.134 e. The summed E-state index contributed by atoms with van der Waals surface area (Å²) in [5.41, 5.74) is 1.08. The lowest BCUT2D eigenvalue weighted by Gasteiger charge is -2.00. The van der Waals surface area contributed by atoms with Crippen molar-refractivity contribution in [2.75, 3.05) is 7.11 Å². The second kappa shape index (κ2) is 4.22. The summed E-state index contributed by atoms with van der Waals surface area (Å²) >= 11 is 0. The molecule has 0 aliphatic heterocycles. The Hall–Kier alpha value is -1.70. The summed E-state index contributed by atoms with van der Waals surface area (Å²) in [5.74, 6) is 2.79. The molecular formula is C13H14O2. The molecule has 1 aromatic carbocycles. The van der Waals surface area contributed by atoms with Crippen molar-refractivity contribution in [1.29, 1.82) is 0 Å². The average Bonchev–Trinajstić information content (AvgIpc) is 2.78. The third kappa shape index (κ3) is 2.04. The van der Waals surface area contributed by atoms with Crippen LogP contribution in [0.25, 0.3) is 11.3 Å². The lowest BCUT2D eigenvalue weighted by Crippen LogP contribution is -1.81. The number of furan rings is 1. The van der Waals surface area contributed by atoms with Crippen molar-refractivity contribution in [1.82, 2.24) is 0 Å². The fourth-order valence-electron chi connectivity index (χ4n) is 1.48. The van der Waals surface area contributed by atoms with Gasteiger partial charge in [-0.1, -0.05) is 6.92 Å². The SMILES string of the molecule is CCc1ccc(-c2ccc(OC)cc2)o1. The van der Waals surface area contributed by atoms with Crippen LogP contribution in [0.5, 0.6) is 5.75 Å². The molecule has 0 spiro atoms. The fraction of sp³-hybridized carbons (Fsp3) is 0.231. The summed E-state index contributed by atoms with van der Waals surface area (Å²) in [5, 5.41) is 0. The molecule has 1 aromatic heterocycles. The van der Waals surface area contributed by atoms with E-state index in [-0.39, 0.29) is 0 Å². The van der Waals surface area contributed by atoms with E-state index in [9.17, 15) is 0 Å². The minimum atomic E-state index is 0.862. The summed E-state index contributed by atoms with van der Waals surface area (Å²) in [6.07, 6.45) is 0.927. The van der Waals surface area contributed by atoms with Crippen LogP contribution in [0.1, 0.15) is 12.7 Å². The average molecular weight is 202 g/mol. The molecule has 0 atom stereocenters. The Kier molecular flexibility index (Phi) is 2.77. The van der Waals surface area contributed by atoms with Gasteiger partial charge < -0.3 is 9.15 Å². The first-order valence-corrected chi connectivity index (χ1v) is 5.06. The Balaban J connectivity index is 2.28. The van der Waals surface area contributed by atoms with Crippen LogP contribution in [-0.4, -0.2) is 7.11 Å². The molecule has 0 saturated carbocycles. The molecule has 0 saturated heterocycles. The molecule has 1 heterocycles. The second-order valence-corrected chi connectivity index (χ2v) is 3.35. The van der Waals surface area contributed by atoms with Crippen LogP contribution in [0.3, 0.4) is 0 Å². The van der Waals surface area contributed by atoms with E-state index in [1.165, 1.54) is 0 Å². The Morgan fingerprint density at radius 3 is 2.33 bits per heavy atom. The third-order valence-electron chi connectivity index (χ3n) is 2.38. The summed E-state index contributed by atoms with van der Waals surface area (Å²) in [6, 6.07) is 11.9. The Morgan fingerprint density at radius 1 is 1.07 bits per heavy atom. The third-order valence-corrected chi connectivity index (χ3v) is 2.38. The minimum absolute atomic E-state index is 0.862. The Labute approximate surface area is 89.5 Å². The van der Waals surface area contributed by atoms with Crippen molar-refractivity contribution in [3.05, 3.63) is 42.2 Å². The molecule has 0 radical (unpaired) electrons. The lowest BCUT2D eigenvalue weighted by atomic mass is 10.2. The molecule has 0 N–H and O–H groups in total. The van der Waals surface area contributed by atoms with E-state index >= 15 is 0 Å². The molecule has 2 heteroatoms. The number of methoxy groups -OCH3 is 1. The van der Waals surface area contributed by atoms with Crippen LogP contribution in [0, 0.1) is 0 Å². The molecule has 78 valence electrons. The van der Waals surface area contributed by atoms with Crippen LogP contribution in [0.15, 0.2) is 40.8 Å². The van der Waals surface area contributed by atoms with Gasteiger partial charge in [-0.15, -0.1) is 0 Å². The summed E-state index contributed by atoms with van der Waals surface area (Å²) < 4.78 is 10.8. The predicted octanol–water partition coefficient (Wildman–Crippen LogP) is 3.52. The number of hydrogen-bond acceptors (Lipinski definition) is 2. The van der Waals surface area contributed by atoms with E-state index in [2.05, 4.69) is 6.92 Å². The maximum atomic E-state index is 5.65. The number of hydrogen-bond donors (Lipinski definition) is 0. The molecule has 0 amide bonds. The van der Waals surface area contributed by atoms with Gasteiger partial charge in [0.05, 0.1) is 7.11 Å². The zero-order valence-corrected chi connectivity index (χ0v) is 8.99. The van der Waals surface area contributed by atoms with Crippen LogP contribution < -0.4 is 4.74 Å². The van der Waals surface area contributed by atoms with Crippen molar-refractivity contribution in [2.24, 2.45) is 0 Å². The molecule has 0 aliphatic rings. The lowest BCUT2D eigenvalue weighted by molar-refractivity contribution is 0.415. The van der Waals surface area contributed by atoms with Crippen molar-refractivity contribution in [3.8, 4) is 17.1 Å². The van der Waals surface area contributed by atoms with Gasteiger partial charge in [0.15, 0.2) is 0 Å². The zero-order chi connectivity index (χ0) is 10.7. The number of aryl methyl sites for hydroxylation is 1. The van der Waals surface area contributed by atoms with Crippen LogP contribution in [-0.2, 0) is 6.42 Å². The summed E-state index contributed by atoms with van der Waals surface area (Å²) in [6.45, 7) is 2.08. The number of benzene rings is 1. The van der Waals surface area contributed by atoms with E-state index < -0.39 is 0 Å². The standard InChI is InChI=1S/C13H14O2/c1-3-11-8-9-13(15-11)10-4-6-12(14-2)7-5-10/h4-9H,3H2,1-2H3. The highest BCUT2D eigenvalue weighted by Crippen LogP contribution is 2.24. The van der Waals surface area contributed by atoms with Gasteiger partial charge in [-0.2, -0.15) is 0 Å². The van der Waals surface area contributed by atoms with Gasteiger partial charge in [-0.05, 0) is 36.4 Å². The van der Waals surface area contributed by atoms with Gasteiger partial charge >= 0.3 is 0 Å². The monoisotopic (exact) mass is 202 g/mol.